The van der Waals surface area contributed by atoms with Gasteiger partial charge < -0.3 is 25.0 Å². The summed E-state index contributed by atoms with van der Waals surface area (Å²) in [6.45, 7) is 5.13. The summed E-state index contributed by atoms with van der Waals surface area (Å²) in [6.07, 6.45) is 7.01. The van der Waals surface area contributed by atoms with Crippen LogP contribution in [0.15, 0.2) is 36.8 Å². The van der Waals surface area contributed by atoms with E-state index < -0.39 is 12.1 Å². The molecule has 1 amide bonds. The van der Waals surface area contributed by atoms with E-state index in [4.69, 9.17) is 19.6 Å². The number of rotatable bonds is 5. The van der Waals surface area contributed by atoms with Gasteiger partial charge >= 0.3 is 12.1 Å². The Kier molecular flexibility index (Phi) is 8.32. The third-order valence-electron chi connectivity index (χ3n) is 9.30. The molecular formula is C31H35F3N6O4. The Morgan fingerprint density at radius 1 is 1.02 bits per heavy atom. The highest BCUT2D eigenvalue weighted by Gasteiger charge is 2.48. The minimum Gasteiger partial charge on any atom is -0.475 e. The van der Waals surface area contributed by atoms with E-state index in [2.05, 4.69) is 31.2 Å². The fraction of sp³-hybridized carbons (Fsp3) is 0.516. The Hall–Kier alpha value is -4.00. The van der Waals surface area contributed by atoms with E-state index in [1.807, 2.05) is 31.5 Å². The predicted molar refractivity (Wildman–Crippen MR) is 155 cm³/mol. The zero-order valence-electron chi connectivity index (χ0n) is 24.3. The molecule has 4 heterocycles. The van der Waals surface area contributed by atoms with Crippen molar-refractivity contribution < 1.29 is 32.6 Å². The van der Waals surface area contributed by atoms with Crippen LogP contribution in [0.1, 0.15) is 48.3 Å². The van der Waals surface area contributed by atoms with E-state index in [1.165, 1.54) is 32.1 Å². The number of nitrogens with one attached hydrogen (secondary N) is 2. The highest BCUT2D eigenvalue weighted by Crippen LogP contribution is 2.53. The lowest BCUT2D eigenvalue weighted by Crippen LogP contribution is -2.55. The highest BCUT2D eigenvalue weighted by atomic mass is 19.4. The summed E-state index contributed by atoms with van der Waals surface area (Å²) in [5.74, 6) is 0.851. The minimum atomic E-state index is -5.08. The van der Waals surface area contributed by atoms with Crippen LogP contribution in [0.4, 0.5) is 18.9 Å². The maximum Gasteiger partial charge on any atom is 0.490 e. The van der Waals surface area contributed by atoms with Gasteiger partial charge in [-0.05, 0) is 86.5 Å². The van der Waals surface area contributed by atoms with Crippen LogP contribution in [0.3, 0.4) is 0 Å². The van der Waals surface area contributed by atoms with Crippen LogP contribution in [0.5, 0.6) is 0 Å². The third kappa shape index (κ3) is 6.42. The van der Waals surface area contributed by atoms with Gasteiger partial charge in [-0.3, -0.25) is 14.8 Å². The molecule has 5 fully saturated rings. The average molecular weight is 613 g/mol. The SMILES string of the molecule is Cc1[nH]c(-c2cc(-c3cncc(N4CCOCC4)c3)ccn2)nc1C(=O)NC1C2CC3CC(C2)CC1C3.O=C(O)C(F)(F)F. The van der Waals surface area contributed by atoms with E-state index in [9.17, 15) is 18.0 Å². The molecule has 0 radical (unpaired) electrons. The molecular weight excluding hydrogens is 577 g/mol. The van der Waals surface area contributed by atoms with Crippen molar-refractivity contribution in [3.05, 3.63) is 48.2 Å². The van der Waals surface area contributed by atoms with Crippen molar-refractivity contribution in [3.63, 3.8) is 0 Å². The summed E-state index contributed by atoms with van der Waals surface area (Å²) >= 11 is 0. The second-order valence-corrected chi connectivity index (χ2v) is 12.3. The molecule has 0 spiro atoms. The van der Waals surface area contributed by atoms with Gasteiger partial charge in [0.15, 0.2) is 5.82 Å². The molecule has 3 aromatic rings. The Labute approximate surface area is 252 Å². The number of anilines is 1. The van der Waals surface area contributed by atoms with Gasteiger partial charge in [-0.2, -0.15) is 13.2 Å². The quantitative estimate of drug-likeness (QED) is 0.372. The standard InChI is InChI=1S/C29H34N6O2.C2HF3O2/c1-17-26(29(36)34-27-21-9-18-8-19(11-21)12-22(27)10-18)33-28(32-17)25-14-20(2-3-31-25)23-13-24(16-30-15-23)35-4-6-37-7-5-35;3-2(4,5)1(6)7/h2-3,13-16,18-19,21-22,27H,4-12H2,1H3,(H,32,33)(H,34,36);(H,6,7). The molecule has 4 bridgehead atoms. The number of carboxylic acids is 1. The number of aliphatic carboxylic acids is 1. The number of aryl methyl sites for hydroxylation is 1. The number of morpholine rings is 1. The Balaban J connectivity index is 0.000000441. The number of amides is 1. The van der Waals surface area contributed by atoms with Crippen LogP contribution < -0.4 is 10.2 Å². The second kappa shape index (κ2) is 12.2. The second-order valence-electron chi connectivity index (χ2n) is 12.3. The van der Waals surface area contributed by atoms with Crippen molar-refractivity contribution in [2.75, 3.05) is 31.2 Å². The Morgan fingerprint density at radius 2 is 1.68 bits per heavy atom. The molecule has 0 atom stereocenters. The predicted octanol–water partition coefficient (Wildman–Crippen LogP) is 4.87. The Bertz CT molecular complexity index is 1490. The summed E-state index contributed by atoms with van der Waals surface area (Å²) in [7, 11) is 0. The maximum absolute atomic E-state index is 13.3. The van der Waals surface area contributed by atoms with Crippen LogP contribution in [0.25, 0.3) is 22.6 Å². The average Bonchev–Trinajstić information content (AvgIpc) is 3.41. The lowest BCUT2D eigenvalue weighted by atomic mass is 9.54. The van der Waals surface area contributed by atoms with Crippen molar-refractivity contribution in [3.8, 4) is 22.6 Å². The van der Waals surface area contributed by atoms with Gasteiger partial charge in [0.1, 0.15) is 11.4 Å². The van der Waals surface area contributed by atoms with E-state index in [-0.39, 0.29) is 5.91 Å². The van der Waals surface area contributed by atoms with Crippen LogP contribution in [0.2, 0.25) is 0 Å². The van der Waals surface area contributed by atoms with Gasteiger partial charge in [-0.25, -0.2) is 9.78 Å². The first-order valence-electron chi connectivity index (χ1n) is 15.0. The molecule has 234 valence electrons. The van der Waals surface area contributed by atoms with E-state index in [0.29, 0.717) is 35.1 Å². The lowest BCUT2D eigenvalue weighted by Gasteiger charge is -2.54. The molecule has 1 saturated heterocycles. The van der Waals surface area contributed by atoms with Crippen molar-refractivity contribution in [2.45, 2.75) is 51.2 Å². The summed E-state index contributed by atoms with van der Waals surface area (Å²) < 4.78 is 37.2. The number of aromatic amines is 1. The number of carbonyl (C=O) groups is 2. The third-order valence-corrected chi connectivity index (χ3v) is 9.30. The van der Waals surface area contributed by atoms with Gasteiger partial charge in [0.2, 0.25) is 0 Å². The number of hydrogen-bond acceptors (Lipinski definition) is 7. The minimum absolute atomic E-state index is 0.0592. The lowest BCUT2D eigenvalue weighted by molar-refractivity contribution is -0.192. The van der Waals surface area contributed by atoms with Crippen molar-refractivity contribution in [1.82, 2.24) is 25.3 Å². The van der Waals surface area contributed by atoms with Gasteiger partial charge in [-0.1, -0.05) is 0 Å². The Morgan fingerprint density at radius 3 is 2.32 bits per heavy atom. The van der Waals surface area contributed by atoms with Gasteiger partial charge in [0, 0.05) is 42.8 Å². The zero-order valence-corrected chi connectivity index (χ0v) is 24.3. The van der Waals surface area contributed by atoms with Crippen molar-refractivity contribution >= 4 is 17.6 Å². The van der Waals surface area contributed by atoms with Crippen LogP contribution in [0, 0.1) is 30.6 Å². The van der Waals surface area contributed by atoms with Crippen LogP contribution in [-0.2, 0) is 9.53 Å². The maximum atomic E-state index is 13.3. The number of alkyl halides is 3. The summed E-state index contributed by atoms with van der Waals surface area (Å²) in [6, 6.07) is 6.46. The molecule has 10 nitrogen and oxygen atoms in total. The number of pyridine rings is 2. The van der Waals surface area contributed by atoms with Crippen LogP contribution in [-0.4, -0.2) is 75.4 Å². The highest BCUT2D eigenvalue weighted by molar-refractivity contribution is 5.94. The normalized spacial score (nSPS) is 25.7. The fourth-order valence-electron chi connectivity index (χ4n) is 7.50. The first-order chi connectivity index (χ1) is 21.0. The summed E-state index contributed by atoms with van der Waals surface area (Å²) in [5.41, 5.74) is 5.10. The molecule has 13 heteroatoms. The molecule has 8 rings (SSSR count). The van der Waals surface area contributed by atoms with Gasteiger partial charge in [0.25, 0.3) is 5.91 Å². The molecule has 4 aliphatic carbocycles. The number of H-pyrrole nitrogens is 1. The molecule has 3 N–H and O–H groups in total. The van der Waals surface area contributed by atoms with Crippen molar-refractivity contribution in [1.29, 1.82) is 0 Å². The number of carboxylic acid groups (broad SMARTS) is 1. The number of nitrogens with zero attached hydrogens (tertiary/aromatic N) is 4. The van der Waals surface area contributed by atoms with Crippen molar-refractivity contribution in [2.24, 2.45) is 23.7 Å². The number of imidazole rings is 1. The molecule has 1 aliphatic heterocycles. The molecule has 4 saturated carbocycles. The molecule has 44 heavy (non-hydrogen) atoms. The van der Waals surface area contributed by atoms with E-state index >= 15 is 0 Å². The summed E-state index contributed by atoms with van der Waals surface area (Å²) in [4.78, 5) is 41.6. The van der Waals surface area contributed by atoms with Gasteiger partial charge in [-0.15, -0.1) is 0 Å². The smallest absolute Gasteiger partial charge is 0.475 e. The monoisotopic (exact) mass is 612 g/mol. The number of carbonyl (C=O) groups excluding carboxylic acids is 1. The first kappa shape index (κ1) is 30.0. The fourth-order valence-corrected chi connectivity index (χ4v) is 7.50. The van der Waals surface area contributed by atoms with Crippen LogP contribution >= 0.6 is 0 Å². The topological polar surface area (TPSA) is 133 Å². The molecule has 3 aromatic heterocycles. The number of ether oxygens (including phenoxy) is 1. The molecule has 0 aromatic carbocycles. The number of halogens is 3. The number of hydrogen-bond donors (Lipinski definition) is 3. The molecule has 5 aliphatic rings. The zero-order chi connectivity index (χ0) is 31.0. The molecule has 0 unspecified atom stereocenters. The summed E-state index contributed by atoms with van der Waals surface area (Å²) in [5, 5.41) is 10.5. The largest absolute Gasteiger partial charge is 0.490 e. The van der Waals surface area contributed by atoms with Gasteiger partial charge in [0.05, 0.1) is 25.1 Å². The van der Waals surface area contributed by atoms with E-state index in [0.717, 1.165) is 60.6 Å². The number of aromatic nitrogens is 4. The van der Waals surface area contributed by atoms with E-state index in [1.54, 1.807) is 6.20 Å². The first-order valence-corrected chi connectivity index (χ1v) is 15.0.